The molecule has 3 aliphatic heterocycles. The van der Waals surface area contributed by atoms with Crippen molar-refractivity contribution in [1.29, 1.82) is 0 Å². The van der Waals surface area contributed by atoms with E-state index in [2.05, 4.69) is 4.84 Å². The van der Waals surface area contributed by atoms with Crippen LogP contribution in [0.1, 0.15) is 0 Å². The molecule has 0 saturated carbocycles. The molecule has 8 nitrogen and oxygen atoms in total. The summed E-state index contributed by atoms with van der Waals surface area (Å²) in [6.07, 6.45) is -1.35. The van der Waals surface area contributed by atoms with Crippen molar-refractivity contribution in [3.63, 3.8) is 0 Å². The Balaban J connectivity index is 1.52. The van der Waals surface area contributed by atoms with Gasteiger partial charge in [0.05, 0.1) is 26.4 Å². The normalized spacial score (nSPS) is 43.4. The highest BCUT2D eigenvalue weighted by Crippen LogP contribution is 2.30. The molecule has 0 N–H and O–H groups in total. The minimum absolute atomic E-state index is 0.163. The maximum absolute atomic E-state index is 10.3. The van der Waals surface area contributed by atoms with Gasteiger partial charge >= 0.3 is 0 Å². The van der Waals surface area contributed by atoms with Crippen LogP contribution in [-0.2, 0) is 23.8 Å². The summed E-state index contributed by atoms with van der Waals surface area (Å²) in [6.45, 7) is 1.78. The highest BCUT2D eigenvalue weighted by molar-refractivity contribution is 4.95. The SMILES string of the molecule is O=[N+]([O-])OC1COC2C(OCC3CO3)COC12. The first-order chi connectivity index (χ1) is 8.24. The molecule has 8 heteroatoms. The van der Waals surface area contributed by atoms with Crippen LogP contribution in [0.5, 0.6) is 0 Å². The van der Waals surface area contributed by atoms with Gasteiger partial charge in [0, 0.05) is 0 Å². The van der Waals surface area contributed by atoms with E-state index in [1.165, 1.54) is 0 Å². The van der Waals surface area contributed by atoms with E-state index in [1.807, 2.05) is 0 Å². The third kappa shape index (κ3) is 2.34. The van der Waals surface area contributed by atoms with Crippen LogP contribution in [-0.4, -0.2) is 62.0 Å². The van der Waals surface area contributed by atoms with Crippen LogP contribution in [0.25, 0.3) is 0 Å². The van der Waals surface area contributed by atoms with E-state index in [-0.39, 0.29) is 24.9 Å². The molecule has 3 saturated heterocycles. The van der Waals surface area contributed by atoms with Crippen molar-refractivity contribution < 1.29 is 28.9 Å². The lowest BCUT2D eigenvalue weighted by Gasteiger charge is -2.16. The first kappa shape index (κ1) is 11.1. The van der Waals surface area contributed by atoms with E-state index < -0.39 is 17.3 Å². The topological polar surface area (TPSA) is 92.6 Å². The summed E-state index contributed by atoms with van der Waals surface area (Å²) in [5, 5.41) is 9.46. The minimum Gasteiger partial charge on any atom is -0.371 e. The zero-order valence-corrected chi connectivity index (χ0v) is 9.02. The molecule has 0 amide bonds. The molecule has 0 aliphatic carbocycles. The molecule has 0 bridgehead atoms. The number of hydrogen-bond acceptors (Lipinski definition) is 7. The van der Waals surface area contributed by atoms with Crippen molar-refractivity contribution in [3.05, 3.63) is 10.1 Å². The molecule has 5 unspecified atom stereocenters. The number of nitrogens with zero attached hydrogens (tertiary/aromatic N) is 1. The Kier molecular flexibility index (Phi) is 2.87. The van der Waals surface area contributed by atoms with Crippen LogP contribution in [0.4, 0.5) is 0 Å². The Morgan fingerprint density at radius 1 is 1.12 bits per heavy atom. The van der Waals surface area contributed by atoms with Gasteiger partial charge in [0.1, 0.15) is 24.4 Å². The molecule has 0 radical (unpaired) electrons. The predicted octanol–water partition coefficient (Wildman–Crippen LogP) is -0.855. The first-order valence-corrected chi connectivity index (χ1v) is 5.51. The molecule has 17 heavy (non-hydrogen) atoms. The van der Waals surface area contributed by atoms with Crippen LogP contribution >= 0.6 is 0 Å². The lowest BCUT2D eigenvalue weighted by Crippen LogP contribution is -2.35. The van der Waals surface area contributed by atoms with Gasteiger partial charge in [0.25, 0.3) is 5.09 Å². The Bertz CT molecular complexity index is 308. The molecule has 3 rings (SSSR count). The third-order valence-corrected chi connectivity index (χ3v) is 3.08. The Hall–Kier alpha value is -0.960. The molecule has 5 atom stereocenters. The van der Waals surface area contributed by atoms with Crippen LogP contribution < -0.4 is 0 Å². The van der Waals surface area contributed by atoms with Gasteiger partial charge in [0.2, 0.25) is 0 Å². The van der Waals surface area contributed by atoms with Gasteiger partial charge in [-0.05, 0) is 0 Å². The van der Waals surface area contributed by atoms with Crippen LogP contribution in [0.15, 0.2) is 0 Å². The molecule has 0 aromatic carbocycles. The Labute approximate surface area is 96.8 Å². The minimum atomic E-state index is -0.814. The summed E-state index contributed by atoms with van der Waals surface area (Å²) in [6, 6.07) is 0. The Morgan fingerprint density at radius 3 is 2.41 bits per heavy atom. The van der Waals surface area contributed by atoms with Crippen molar-refractivity contribution in [3.8, 4) is 0 Å². The largest absolute Gasteiger partial charge is 0.371 e. The summed E-state index contributed by atoms with van der Waals surface area (Å²) >= 11 is 0. The number of hydrogen-bond donors (Lipinski definition) is 0. The van der Waals surface area contributed by atoms with Gasteiger partial charge in [0.15, 0.2) is 6.10 Å². The number of ether oxygens (including phenoxy) is 4. The number of epoxide rings is 1. The van der Waals surface area contributed by atoms with Crippen molar-refractivity contribution in [2.45, 2.75) is 30.5 Å². The van der Waals surface area contributed by atoms with Crippen molar-refractivity contribution in [2.75, 3.05) is 26.4 Å². The van der Waals surface area contributed by atoms with Gasteiger partial charge in [-0.2, -0.15) is 0 Å². The van der Waals surface area contributed by atoms with E-state index >= 15 is 0 Å². The summed E-state index contributed by atoms with van der Waals surface area (Å²) in [5.74, 6) is 0. The monoisotopic (exact) mass is 247 g/mol. The second-order valence-corrected chi connectivity index (χ2v) is 4.29. The average molecular weight is 247 g/mol. The van der Waals surface area contributed by atoms with Gasteiger partial charge in [-0.25, -0.2) is 0 Å². The molecule has 3 fully saturated rings. The van der Waals surface area contributed by atoms with E-state index in [1.54, 1.807) is 0 Å². The number of fused-ring (bicyclic) bond motifs is 1. The summed E-state index contributed by atoms with van der Waals surface area (Å²) in [4.78, 5) is 14.8. The molecule has 3 aliphatic rings. The molecular formula is C9H13NO7. The maximum atomic E-state index is 10.3. The molecule has 96 valence electrons. The first-order valence-electron chi connectivity index (χ1n) is 5.51. The molecule has 0 aromatic heterocycles. The summed E-state index contributed by atoms with van der Waals surface area (Å²) in [7, 11) is 0. The van der Waals surface area contributed by atoms with E-state index in [0.29, 0.717) is 13.2 Å². The zero-order chi connectivity index (χ0) is 11.8. The van der Waals surface area contributed by atoms with Crippen LogP contribution in [0, 0.1) is 10.1 Å². The summed E-state index contributed by atoms with van der Waals surface area (Å²) in [5.41, 5.74) is 0. The van der Waals surface area contributed by atoms with Gasteiger partial charge in [-0.1, -0.05) is 0 Å². The van der Waals surface area contributed by atoms with Crippen LogP contribution in [0.2, 0.25) is 0 Å². The standard InChI is InChI=1S/C9H13NO7/c11-10(12)17-7-4-16-8-6(3-15-9(7)8)14-2-5-1-13-5/h5-9H,1-4H2. The third-order valence-electron chi connectivity index (χ3n) is 3.08. The lowest BCUT2D eigenvalue weighted by molar-refractivity contribution is -0.769. The van der Waals surface area contributed by atoms with Crippen molar-refractivity contribution >= 4 is 0 Å². The maximum Gasteiger partial charge on any atom is 0.294 e. The second-order valence-electron chi connectivity index (χ2n) is 4.29. The highest BCUT2D eigenvalue weighted by atomic mass is 17.0. The van der Waals surface area contributed by atoms with Crippen molar-refractivity contribution in [2.24, 2.45) is 0 Å². The zero-order valence-electron chi connectivity index (χ0n) is 9.02. The van der Waals surface area contributed by atoms with E-state index in [9.17, 15) is 10.1 Å². The van der Waals surface area contributed by atoms with Gasteiger partial charge in [-0.15, -0.1) is 10.1 Å². The molecular weight excluding hydrogens is 234 g/mol. The summed E-state index contributed by atoms with van der Waals surface area (Å²) < 4.78 is 21.5. The van der Waals surface area contributed by atoms with Gasteiger partial charge < -0.3 is 23.8 Å². The van der Waals surface area contributed by atoms with Gasteiger partial charge in [-0.3, -0.25) is 0 Å². The second kappa shape index (κ2) is 4.37. The fourth-order valence-corrected chi connectivity index (χ4v) is 2.17. The fraction of sp³-hybridized carbons (Fsp3) is 1.00. The highest BCUT2D eigenvalue weighted by Gasteiger charge is 2.50. The van der Waals surface area contributed by atoms with E-state index in [0.717, 1.165) is 6.61 Å². The Morgan fingerprint density at radius 2 is 1.76 bits per heavy atom. The quantitative estimate of drug-likeness (QED) is 0.354. The van der Waals surface area contributed by atoms with E-state index in [4.69, 9.17) is 18.9 Å². The lowest BCUT2D eigenvalue weighted by atomic mass is 10.1. The smallest absolute Gasteiger partial charge is 0.294 e. The number of rotatable bonds is 5. The van der Waals surface area contributed by atoms with Crippen molar-refractivity contribution in [1.82, 2.24) is 0 Å². The molecule has 0 spiro atoms. The molecule has 3 heterocycles. The predicted molar refractivity (Wildman–Crippen MR) is 50.8 cm³/mol. The van der Waals surface area contributed by atoms with Crippen LogP contribution in [0.3, 0.4) is 0 Å². The average Bonchev–Trinajstić information content (AvgIpc) is 2.89. The fourth-order valence-electron chi connectivity index (χ4n) is 2.17. The molecule has 0 aromatic rings.